The molecule has 6 heteroatoms. The molecule has 0 aromatic heterocycles. The highest BCUT2D eigenvalue weighted by molar-refractivity contribution is 6.32. The number of methoxy groups -OCH3 is 1. The number of esters is 1. The SMILES string of the molecule is COC(=O)c1ccccc1NC(=O)[C@H](C)Oc1cc(C)c(Cl)c(C)c1. The van der Waals surface area contributed by atoms with Crippen molar-refractivity contribution < 1.29 is 19.1 Å². The Morgan fingerprint density at radius 1 is 1.12 bits per heavy atom. The van der Waals surface area contributed by atoms with E-state index < -0.39 is 12.1 Å². The number of halogens is 1. The van der Waals surface area contributed by atoms with E-state index in [2.05, 4.69) is 5.32 Å². The first-order valence-electron chi connectivity index (χ1n) is 7.75. The Morgan fingerprint density at radius 2 is 1.72 bits per heavy atom. The summed E-state index contributed by atoms with van der Waals surface area (Å²) in [5, 5.41) is 3.37. The van der Waals surface area contributed by atoms with Gasteiger partial charge >= 0.3 is 5.97 Å². The molecule has 2 rings (SSSR count). The number of anilines is 1. The number of aryl methyl sites for hydroxylation is 2. The van der Waals surface area contributed by atoms with E-state index in [4.69, 9.17) is 21.1 Å². The van der Waals surface area contributed by atoms with Crippen LogP contribution in [-0.2, 0) is 9.53 Å². The molecular weight excluding hydrogens is 342 g/mol. The molecule has 0 spiro atoms. The van der Waals surface area contributed by atoms with Crippen molar-refractivity contribution in [2.75, 3.05) is 12.4 Å². The summed E-state index contributed by atoms with van der Waals surface area (Å²) >= 11 is 6.14. The topological polar surface area (TPSA) is 64.6 Å². The zero-order valence-corrected chi connectivity index (χ0v) is 15.3. The Balaban J connectivity index is 2.13. The van der Waals surface area contributed by atoms with E-state index in [0.29, 0.717) is 16.5 Å². The van der Waals surface area contributed by atoms with Crippen LogP contribution in [-0.4, -0.2) is 25.1 Å². The minimum Gasteiger partial charge on any atom is -0.481 e. The fourth-order valence-corrected chi connectivity index (χ4v) is 2.46. The lowest BCUT2D eigenvalue weighted by molar-refractivity contribution is -0.122. The van der Waals surface area contributed by atoms with Crippen molar-refractivity contribution >= 4 is 29.2 Å². The maximum Gasteiger partial charge on any atom is 0.339 e. The van der Waals surface area contributed by atoms with Gasteiger partial charge in [-0.25, -0.2) is 4.79 Å². The third-order valence-electron chi connectivity index (χ3n) is 3.68. The van der Waals surface area contributed by atoms with Crippen LogP contribution in [0.4, 0.5) is 5.69 Å². The van der Waals surface area contributed by atoms with E-state index in [1.807, 2.05) is 13.8 Å². The van der Waals surface area contributed by atoms with Gasteiger partial charge in [-0.3, -0.25) is 4.79 Å². The van der Waals surface area contributed by atoms with Gasteiger partial charge in [-0.05, 0) is 56.2 Å². The molecule has 0 saturated heterocycles. The van der Waals surface area contributed by atoms with Crippen molar-refractivity contribution in [2.24, 2.45) is 0 Å². The van der Waals surface area contributed by atoms with Crippen molar-refractivity contribution in [3.8, 4) is 5.75 Å². The van der Waals surface area contributed by atoms with Crippen LogP contribution >= 0.6 is 11.6 Å². The number of carbonyl (C=O) groups excluding carboxylic acids is 2. The molecule has 1 atom stereocenters. The summed E-state index contributed by atoms with van der Waals surface area (Å²) < 4.78 is 10.4. The number of para-hydroxylation sites is 1. The minimum absolute atomic E-state index is 0.281. The first-order chi connectivity index (χ1) is 11.8. The largest absolute Gasteiger partial charge is 0.481 e. The summed E-state index contributed by atoms with van der Waals surface area (Å²) in [6.07, 6.45) is -0.759. The molecule has 2 aromatic carbocycles. The summed E-state index contributed by atoms with van der Waals surface area (Å²) in [7, 11) is 1.29. The van der Waals surface area contributed by atoms with Gasteiger partial charge in [0.25, 0.3) is 5.91 Å². The van der Waals surface area contributed by atoms with Gasteiger partial charge in [0.15, 0.2) is 6.10 Å². The van der Waals surface area contributed by atoms with E-state index in [9.17, 15) is 9.59 Å². The Bertz CT molecular complexity index is 781. The van der Waals surface area contributed by atoms with Crippen LogP contribution in [0.3, 0.4) is 0 Å². The van der Waals surface area contributed by atoms with Gasteiger partial charge in [0.1, 0.15) is 5.75 Å². The van der Waals surface area contributed by atoms with Crippen LogP contribution < -0.4 is 10.1 Å². The number of rotatable bonds is 5. The first kappa shape index (κ1) is 18.8. The number of hydrogen-bond donors (Lipinski definition) is 1. The molecule has 5 nitrogen and oxygen atoms in total. The lowest BCUT2D eigenvalue weighted by atomic mass is 10.1. The molecule has 0 aliphatic carbocycles. The van der Waals surface area contributed by atoms with Crippen molar-refractivity contribution in [1.29, 1.82) is 0 Å². The van der Waals surface area contributed by atoms with E-state index >= 15 is 0 Å². The molecule has 1 amide bonds. The predicted molar refractivity (Wildman–Crippen MR) is 97.4 cm³/mol. The van der Waals surface area contributed by atoms with Gasteiger partial charge in [-0.2, -0.15) is 0 Å². The summed E-state index contributed by atoms with van der Waals surface area (Å²) in [4.78, 5) is 24.2. The highest BCUT2D eigenvalue weighted by Crippen LogP contribution is 2.26. The zero-order chi connectivity index (χ0) is 18.6. The molecule has 25 heavy (non-hydrogen) atoms. The summed E-state index contributed by atoms with van der Waals surface area (Å²) in [5.74, 6) is -0.335. The minimum atomic E-state index is -0.759. The van der Waals surface area contributed by atoms with E-state index in [-0.39, 0.29) is 11.5 Å². The Labute approximate surface area is 151 Å². The van der Waals surface area contributed by atoms with E-state index in [0.717, 1.165) is 11.1 Å². The zero-order valence-electron chi connectivity index (χ0n) is 14.6. The number of amides is 1. The maximum absolute atomic E-state index is 12.4. The van der Waals surface area contributed by atoms with Crippen molar-refractivity contribution in [3.63, 3.8) is 0 Å². The number of ether oxygens (including phenoxy) is 2. The molecule has 0 bridgehead atoms. The van der Waals surface area contributed by atoms with Crippen LogP contribution in [0, 0.1) is 13.8 Å². The summed E-state index contributed by atoms with van der Waals surface area (Å²) in [6.45, 7) is 5.38. The molecule has 0 radical (unpaired) electrons. The number of benzene rings is 2. The van der Waals surface area contributed by atoms with Crippen LogP contribution in [0.2, 0.25) is 5.02 Å². The lowest BCUT2D eigenvalue weighted by Crippen LogP contribution is -2.30. The molecule has 0 saturated carbocycles. The summed E-state index contributed by atoms with van der Waals surface area (Å²) in [5.41, 5.74) is 2.41. The van der Waals surface area contributed by atoms with E-state index in [1.54, 1.807) is 43.3 Å². The molecule has 2 aromatic rings. The average Bonchev–Trinajstić information content (AvgIpc) is 2.59. The van der Waals surface area contributed by atoms with Crippen molar-refractivity contribution in [3.05, 3.63) is 58.1 Å². The highest BCUT2D eigenvalue weighted by Gasteiger charge is 2.19. The standard InChI is InChI=1S/C19H20ClNO4/c1-11-9-14(10-12(2)17(11)20)25-13(3)18(22)21-16-8-6-5-7-15(16)19(23)24-4/h5-10,13H,1-4H3,(H,21,22)/t13-/m0/s1. The Morgan fingerprint density at radius 3 is 2.32 bits per heavy atom. The number of carbonyl (C=O) groups is 2. The van der Waals surface area contributed by atoms with Crippen molar-refractivity contribution in [2.45, 2.75) is 26.9 Å². The molecule has 0 fully saturated rings. The smallest absolute Gasteiger partial charge is 0.339 e. The van der Waals surface area contributed by atoms with Crippen molar-refractivity contribution in [1.82, 2.24) is 0 Å². The quantitative estimate of drug-likeness (QED) is 0.812. The fourth-order valence-electron chi connectivity index (χ4n) is 2.35. The monoisotopic (exact) mass is 361 g/mol. The Kier molecular flexibility index (Phi) is 6.04. The number of nitrogens with one attached hydrogen (secondary N) is 1. The molecular formula is C19H20ClNO4. The number of hydrogen-bond acceptors (Lipinski definition) is 4. The van der Waals surface area contributed by atoms with E-state index in [1.165, 1.54) is 7.11 Å². The maximum atomic E-state index is 12.4. The molecule has 132 valence electrons. The molecule has 1 N–H and O–H groups in total. The highest BCUT2D eigenvalue weighted by atomic mass is 35.5. The molecule has 0 aliphatic rings. The van der Waals surface area contributed by atoms with Crippen LogP contribution in [0.15, 0.2) is 36.4 Å². The molecule has 0 heterocycles. The third kappa shape index (κ3) is 4.51. The van der Waals surface area contributed by atoms with Gasteiger partial charge in [0, 0.05) is 5.02 Å². The fraction of sp³-hybridized carbons (Fsp3) is 0.263. The molecule has 0 aliphatic heterocycles. The van der Waals surface area contributed by atoms with Gasteiger partial charge in [-0.15, -0.1) is 0 Å². The average molecular weight is 362 g/mol. The third-order valence-corrected chi connectivity index (χ3v) is 4.28. The normalized spacial score (nSPS) is 11.6. The Hall–Kier alpha value is -2.53. The second-order valence-electron chi connectivity index (χ2n) is 5.66. The first-order valence-corrected chi connectivity index (χ1v) is 8.13. The van der Waals surface area contributed by atoms with Crippen LogP contribution in [0.25, 0.3) is 0 Å². The second-order valence-corrected chi connectivity index (χ2v) is 6.04. The van der Waals surface area contributed by atoms with Crippen LogP contribution in [0.1, 0.15) is 28.4 Å². The van der Waals surface area contributed by atoms with Gasteiger partial charge < -0.3 is 14.8 Å². The van der Waals surface area contributed by atoms with Gasteiger partial charge in [-0.1, -0.05) is 23.7 Å². The second kappa shape index (κ2) is 8.03. The molecule has 0 unspecified atom stereocenters. The summed E-state index contributed by atoms with van der Waals surface area (Å²) in [6, 6.07) is 10.2. The van der Waals surface area contributed by atoms with Gasteiger partial charge in [0.05, 0.1) is 18.4 Å². The van der Waals surface area contributed by atoms with Crippen LogP contribution in [0.5, 0.6) is 5.75 Å². The predicted octanol–water partition coefficient (Wildman–Crippen LogP) is 4.15. The van der Waals surface area contributed by atoms with Gasteiger partial charge in [0.2, 0.25) is 0 Å². The lowest BCUT2D eigenvalue weighted by Gasteiger charge is -2.17.